The second-order valence-electron chi connectivity index (χ2n) is 5.90. The number of rotatable bonds is 6. The van der Waals surface area contributed by atoms with E-state index in [1.807, 2.05) is 42.5 Å². The van der Waals surface area contributed by atoms with Crippen LogP contribution in [0.4, 0.5) is 0 Å². The fraction of sp³-hybridized carbons (Fsp3) is 0.0952. The lowest BCUT2D eigenvalue weighted by Gasteiger charge is -2.08. The molecule has 0 saturated heterocycles. The molecule has 0 bridgehead atoms. The summed E-state index contributed by atoms with van der Waals surface area (Å²) >= 11 is 0. The summed E-state index contributed by atoms with van der Waals surface area (Å²) < 4.78 is 5.13. The number of aromatic amines is 1. The first-order valence-corrected chi connectivity index (χ1v) is 8.35. The Kier molecular flexibility index (Phi) is 5.47. The first-order valence-electron chi connectivity index (χ1n) is 8.35. The summed E-state index contributed by atoms with van der Waals surface area (Å²) in [6.45, 7) is 0.871. The number of Topliss-reactive ketones (excluding diaryl/α,β-unsaturated/α-hetero) is 1. The van der Waals surface area contributed by atoms with Crippen molar-refractivity contribution in [1.29, 1.82) is 0 Å². The van der Waals surface area contributed by atoms with Crippen LogP contribution in [0, 0.1) is 0 Å². The molecule has 0 saturated carbocycles. The third kappa shape index (κ3) is 4.49. The van der Waals surface area contributed by atoms with E-state index in [4.69, 9.17) is 4.74 Å². The van der Waals surface area contributed by atoms with Crippen LogP contribution in [0.2, 0.25) is 0 Å². The lowest BCUT2D eigenvalue weighted by molar-refractivity contribution is -0.139. The number of carbonyl (C=O) groups excluding carboxylic acids is 3. The van der Waals surface area contributed by atoms with Gasteiger partial charge in [-0.2, -0.15) is 0 Å². The monoisotopic (exact) mass is 362 g/mol. The molecule has 0 fully saturated rings. The Labute approximate surface area is 155 Å². The highest BCUT2D eigenvalue weighted by molar-refractivity contribution is 6.09. The molecule has 0 aliphatic rings. The number of benzene rings is 2. The van der Waals surface area contributed by atoms with Crippen molar-refractivity contribution in [3.63, 3.8) is 0 Å². The van der Waals surface area contributed by atoms with Crippen LogP contribution in [-0.4, -0.2) is 29.3 Å². The van der Waals surface area contributed by atoms with Gasteiger partial charge in [-0.3, -0.25) is 9.59 Å². The zero-order chi connectivity index (χ0) is 19.2. The molecule has 0 aliphatic heterocycles. The number of aromatic nitrogens is 1. The van der Waals surface area contributed by atoms with Gasteiger partial charge in [0.05, 0.1) is 0 Å². The highest BCUT2D eigenvalue weighted by Crippen LogP contribution is 2.18. The lowest BCUT2D eigenvalue weighted by atomic mass is 10.1. The van der Waals surface area contributed by atoms with Gasteiger partial charge >= 0.3 is 5.97 Å². The summed E-state index contributed by atoms with van der Waals surface area (Å²) in [5.74, 6) is -1.51. The maximum absolute atomic E-state index is 12.4. The number of hydrogen-bond acceptors (Lipinski definition) is 4. The maximum Gasteiger partial charge on any atom is 0.355 e. The molecule has 2 N–H and O–H groups in total. The molecular formula is C21H18N2O4. The normalized spacial score (nSPS) is 11.2. The van der Waals surface area contributed by atoms with Crippen LogP contribution in [0.3, 0.4) is 0 Å². The van der Waals surface area contributed by atoms with Crippen molar-refractivity contribution in [3.8, 4) is 0 Å². The molecule has 1 aromatic heterocycles. The second-order valence-corrected chi connectivity index (χ2v) is 5.90. The largest absolute Gasteiger partial charge is 0.453 e. The van der Waals surface area contributed by atoms with Crippen LogP contribution in [0.5, 0.6) is 0 Å². The van der Waals surface area contributed by atoms with Gasteiger partial charge in [0.15, 0.2) is 6.61 Å². The number of amides is 1. The number of ether oxygens (including phenoxy) is 1. The Morgan fingerprint density at radius 3 is 2.48 bits per heavy atom. The van der Waals surface area contributed by atoms with Crippen LogP contribution in [0.15, 0.2) is 66.5 Å². The van der Waals surface area contributed by atoms with E-state index >= 15 is 0 Å². The number of fused-ring (bicyclic) bond motifs is 1. The third-order valence-electron chi connectivity index (χ3n) is 3.87. The Morgan fingerprint density at radius 1 is 1.04 bits per heavy atom. The number of para-hydroxylation sites is 1. The molecule has 27 heavy (non-hydrogen) atoms. The van der Waals surface area contributed by atoms with Gasteiger partial charge in [0.1, 0.15) is 5.70 Å². The number of H-pyrrole nitrogens is 1. The number of carbonyl (C=O) groups is 3. The summed E-state index contributed by atoms with van der Waals surface area (Å²) in [4.78, 5) is 39.2. The molecule has 3 aromatic rings. The number of nitrogens with one attached hydrogen (secondary N) is 2. The molecule has 2 aromatic carbocycles. The molecule has 0 atom stereocenters. The Morgan fingerprint density at radius 2 is 1.74 bits per heavy atom. The quantitative estimate of drug-likeness (QED) is 0.401. The fourth-order valence-electron chi connectivity index (χ4n) is 2.64. The second kappa shape index (κ2) is 8.14. The van der Waals surface area contributed by atoms with E-state index in [0.29, 0.717) is 5.56 Å². The van der Waals surface area contributed by atoms with E-state index in [1.54, 1.807) is 18.3 Å². The van der Waals surface area contributed by atoms with Crippen LogP contribution < -0.4 is 5.32 Å². The van der Waals surface area contributed by atoms with Crippen molar-refractivity contribution in [2.45, 2.75) is 6.92 Å². The molecule has 0 spiro atoms. The first-order chi connectivity index (χ1) is 13.0. The highest BCUT2D eigenvalue weighted by atomic mass is 16.5. The molecule has 0 aliphatic carbocycles. The topological polar surface area (TPSA) is 88.3 Å². The number of esters is 1. The van der Waals surface area contributed by atoms with Gasteiger partial charge in [-0.15, -0.1) is 0 Å². The molecule has 6 heteroatoms. The predicted octanol–water partition coefficient (Wildman–Crippen LogP) is 3.07. The van der Waals surface area contributed by atoms with Gasteiger partial charge in [0, 0.05) is 29.6 Å². The Balaban J connectivity index is 1.73. The lowest BCUT2D eigenvalue weighted by Crippen LogP contribution is -2.27. The number of ketones is 1. The van der Waals surface area contributed by atoms with E-state index in [0.717, 1.165) is 16.5 Å². The van der Waals surface area contributed by atoms with Gasteiger partial charge in [0.25, 0.3) is 0 Å². The highest BCUT2D eigenvalue weighted by Gasteiger charge is 2.17. The minimum Gasteiger partial charge on any atom is -0.453 e. The van der Waals surface area contributed by atoms with E-state index in [1.165, 1.54) is 13.0 Å². The fourth-order valence-corrected chi connectivity index (χ4v) is 2.64. The summed E-state index contributed by atoms with van der Waals surface area (Å²) in [5.41, 5.74) is 1.98. The van der Waals surface area contributed by atoms with Crippen LogP contribution >= 0.6 is 0 Å². The van der Waals surface area contributed by atoms with E-state index < -0.39 is 18.5 Å². The van der Waals surface area contributed by atoms with Gasteiger partial charge in [0.2, 0.25) is 11.7 Å². The van der Waals surface area contributed by atoms with Crippen LogP contribution in [0.25, 0.3) is 17.0 Å². The summed E-state index contributed by atoms with van der Waals surface area (Å²) in [6.07, 6.45) is 3.09. The van der Waals surface area contributed by atoms with Crippen LogP contribution in [-0.2, 0) is 14.3 Å². The van der Waals surface area contributed by atoms with Crippen molar-refractivity contribution >= 4 is 34.6 Å². The van der Waals surface area contributed by atoms with E-state index in [2.05, 4.69) is 10.3 Å². The first kappa shape index (κ1) is 18.1. The van der Waals surface area contributed by atoms with Gasteiger partial charge in [-0.1, -0.05) is 48.5 Å². The molecule has 0 unspecified atom stereocenters. The Bertz CT molecular complexity index is 1020. The standard InChI is InChI=1S/C21H18N2O4/c1-14(24)23-19(11-15-7-3-2-4-8-15)21(26)27-13-20(25)17-12-22-18-10-6-5-9-16(17)18/h2-12,22H,13H2,1H3,(H,23,24)/b19-11+. The SMILES string of the molecule is CC(=O)N/C(=C/c1ccccc1)C(=O)OCC(=O)c1c[nH]c2ccccc12. The predicted molar refractivity (Wildman–Crippen MR) is 102 cm³/mol. The minimum absolute atomic E-state index is 0.0274. The van der Waals surface area contributed by atoms with Crippen molar-refractivity contribution < 1.29 is 19.1 Å². The summed E-state index contributed by atoms with van der Waals surface area (Å²) in [7, 11) is 0. The molecule has 3 rings (SSSR count). The molecule has 6 nitrogen and oxygen atoms in total. The van der Waals surface area contributed by atoms with Gasteiger partial charge < -0.3 is 15.0 Å². The maximum atomic E-state index is 12.4. The molecule has 136 valence electrons. The van der Waals surface area contributed by atoms with Crippen molar-refractivity contribution in [1.82, 2.24) is 10.3 Å². The van der Waals surface area contributed by atoms with Crippen molar-refractivity contribution in [2.75, 3.05) is 6.61 Å². The summed E-state index contributed by atoms with van der Waals surface area (Å²) in [6, 6.07) is 16.4. The molecule has 0 radical (unpaired) electrons. The smallest absolute Gasteiger partial charge is 0.355 e. The third-order valence-corrected chi connectivity index (χ3v) is 3.87. The molecule has 1 heterocycles. The average molecular weight is 362 g/mol. The number of hydrogen-bond donors (Lipinski definition) is 2. The van der Waals surface area contributed by atoms with E-state index in [9.17, 15) is 14.4 Å². The minimum atomic E-state index is -0.776. The van der Waals surface area contributed by atoms with E-state index in [-0.39, 0.29) is 11.5 Å². The zero-order valence-electron chi connectivity index (χ0n) is 14.7. The average Bonchev–Trinajstić information content (AvgIpc) is 3.10. The van der Waals surface area contributed by atoms with Crippen molar-refractivity contribution in [2.24, 2.45) is 0 Å². The molecule has 1 amide bonds. The Hall–Kier alpha value is -3.67. The van der Waals surface area contributed by atoms with Gasteiger partial charge in [-0.25, -0.2) is 4.79 Å². The van der Waals surface area contributed by atoms with Gasteiger partial charge in [-0.05, 0) is 17.7 Å². The molecular weight excluding hydrogens is 344 g/mol. The zero-order valence-corrected chi connectivity index (χ0v) is 14.7. The van der Waals surface area contributed by atoms with Crippen molar-refractivity contribution in [3.05, 3.63) is 77.6 Å². The van der Waals surface area contributed by atoms with Crippen LogP contribution in [0.1, 0.15) is 22.8 Å². The summed E-state index contributed by atoms with van der Waals surface area (Å²) in [5, 5.41) is 3.21.